The van der Waals surface area contributed by atoms with Gasteiger partial charge in [-0.15, -0.1) is 0 Å². The van der Waals surface area contributed by atoms with Gasteiger partial charge in [0.1, 0.15) is 0 Å². The first-order chi connectivity index (χ1) is 5.99. The minimum atomic E-state index is -0.305. The quantitative estimate of drug-likeness (QED) is 0.537. The predicted molar refractivity (Wildman–Crippen MR) is 53.0 cm³/mol. The summed E-state index contributed by atoms with van der Waals surface area (Å²) in [5.41, 5.74) is 6.90. The molecule has 0 amide bonds. The van der Waals surface area contributed by atoms with Crippen molar-refractivity contribution >= 4 is 5.97 Å². The van der Waals surface area contributed by atoms with Gasteiger partial charge in [0.2, 0.25) is 0 Å². The zero-order valence-corrected chi connectivity index (χ0v) is 8.89. The Kier molecular flexibility index (Phi) is 5.19. The van der Waals surface area contributed by atoms with Gasteiger partial charge in [-0.3, -0.25) is 0 Å². The first kappa shape index (κ1) is 12.0. The van der Waals surface area contributed by atoms with Crippen LogP contribution in [0.2, 0.25) is 0 Å². The summed E-state index contributed by atoms with van der Waals surface area (Å²) in [4.78, 5) is 11.2. The Labute approximate surface area is 79.9 Å². The van der Waals surface area contributed by atoms with Crippen LogP contribution < -0.4 is 5.73 Å². The van der Waals surface area contributed by atoms with Crippen molar-refractivity contribution in [3.8, 4) is 0 Å². The van der Waals surface area contributed by atoms with Crippen molar-refractivity contribution in [2.75, 3.05) is 6.61 Å². The highest BCUT2D eigenvalue weighted by molar-refractivity contribution is 5.88. The van der Waals surface area contributed by atoms with Crippen LogP contribution in [0.15, 0.2) is 11.3 Å². The third-order valence-electron chi connectivity index (χ3n) is 1.69. The lowest BCUT2D eigenvalue weighted by molar-refractivity contribution is -0.138. The van der Waals surface area contributed by atoms with Crippen LogP contribution >= 0.6 is 0 Å². The number of nitrogens with two attached hydrogens (primary N) is 1. The summed E-state index contributed by atoms with van der Waals surface area (Å²) in [5.74, 6) is 0.157. The molecule has 0 bridgehead atoms. The van der Waals surface area contributed by atoms with E-state index in [2.05, 4.69) is 13.8 Å². The van der Waals surface area contributed by atoms with E-state index in [9.17, 15) is 4.79 Å². The third kappa shape index (κ3) is 4.55. The number of rotatable bonds is 4. The highest BCUT2D eigenvalue weighted by atomic mass is 16.5. The lowest BCUT2D eigenvalue weighted by atomic mass is 10.1. The van der Waals surface area contributed by atoms with Crippen molar-refractivity contribution in [1.82, 2.24) is 0 Å². The molecule has 76 valence electrons. The molecular formula is C10H19NO2. The van der Waals surface area contributed by atoms with Crippen LogP contribution in [0.4, 0.5) is 0 Å². The topological polar surface area (TPSA) is 52.3 Å². The van der Waals surface area contributed by atoms with Crippen molar-refractivity contribution in [2.45, 2.75) is 34.1 Å². The molecule has 0 unspecified atom stereocenters. The van der Waals surface area contributed by atoms with Crippen molar-refractivity contribution in [1.29, 1.82) is 0 Å². The Morgan fingerprint density at radius 2 is 2.00 bits per heavy atom. The van der Waals surface area contributed by atoms with Crippen LogP contribution in [0.25, 0.3) is 0 Å². The Bertz CT molecular complexity index is 207. The number of carbonyl (C=O) groups excluding carboxylic acids is 1. The molecule has 0 aromatic carbocycles. The molecule has 0 aromatic heterocycles. The Balaban J connectivity index is 4.33. The molecule has 3 nitrogen and oxygen atoms in total. The largest absolute Gasteiger partial charge is 0.463 e. The molecule has 3 heteroatoms. The van der Waals surface area contributed by atoms with E-state index in [4.69, 9.17) is 10.5 Å². The molecule has 0 rings (SSSR count). The summed E-state index contributed by atoms with van der Waals surface area (Å²) < 4.78 is 4.83. The smallest absolute Gasteiger partial charge is 0.335 e. The standard InChI is InChI=1S/C10H19NO2/c1-5-13-10(12)8(4)9(11)6-7(2)3/h7H,5-6,11H2,1-4H3. The number of hydrogen-bond acceptors (Lipinski definition) is 3. The van der Waals surface area contributed by atoms with Gasteiger partial charge < -0.3 is 10.5 Å². The van der Waals surface area contributed by atoms with Gasteiger partial charge in [-0.2, -0.15) is 0 Å². The lowest BCUT2D eigenvalue weighted by Gasteiger charge is -2.08. The number of carbonyl (C=O) groups is 1. The molecule has 0 aliphatic rings. The van der Waals surface area contributed by atoms with Crippen molar-refractivity contribution in [2.24, 2.45) is 11.7 Å². The van der Waals surface area contributed by atoms with Gasteiger partial charge in [0, 0.05) is 5.70 Å². The maximum absolute atomic E-state index is 11.2. The fourth-order valence-corrected chi connectivity index (χ4v) is 0.963. The molecule has 0 fully saturated rings. The van der Waals surface area contributed by atoms with E-state index in [0.717, 1.165) is 6.42 Å². The van der Waals surface area contributed by atoms with Crippen molar-refractivity contribution in [3.63, 3.8) is 0 Å². The average molecular weight is 185 g/mol. The highest BCUT2D eigenvalue weighted by Crippen LogP contribution is 2.10. The second-order valence-corrected chi connectivity index (χ2v) is 3.47. The molecule has 0 radical (unpaired) electrons. The summed E-state index contributed by atoms with van der Waals surface area (Å²) in [6.07, 6.45) is 0.741. The molecule has 2 N–H and O–H groups in total. The number of ether oxygens (including phenoxy) is 1. The number of esters is 1. The zero-order valence-electron chi connectivity index (χ0n) is 8.89. The minimum Gasteiger partial charge on any atom is -0.463 e. The van der Waals surface area contributed by atoms with Crippen LogP contribution in [0, 0.1) is 5.92 Å². The van der Waals surface area contributed by atoms with Gasteiger partial charge in [-0.25, -0.2) is 4.79 Å². The summed E-state index contributed by atoms with van der Waals surface area (Å²) >= 11 is 0. The Morgan fingerprint density at radius 1 is 1.46 bits per heavy atom. The van der Waals surface area contributed by atoms with E-state index in [0.29, 0.717) is 23.8 Å². The van der Waals surface area contributed by atoms with Gasteiger partial charge in [0.15, 0.2) is 0 Å². The Hall–Kier alpha value is -0.990. The maximum atomic E-state index is 11.2. The van der Waals surface area contributed by atoms with Crippen LogP contribution in [0.5, 0.6) is 0 Å². The molecule has 0 heterocycles. The van der Waals surface area contributed by atoms with Gasteiger partial charge in [-0.05, 0) is 26.2 Å². The summed E-state index contributed by atoms with van der Waals surface area (Å²) in [6, 6.07) is 0. The molecule has 0 saturated carbocycles. The monoisotopic (exact) mass is 185 g/mol. The fraction of sp³-hybridized carbons (Fsp3) is 0.700. The second kappa shape index (κ2) is 5.62. The predicted octanol–water partition coefficient (Wildman–Crippen LogP) is 1.83. The number of hydrogen-bond donors (Lipinski definition) is 1. The van der Waals surface area contributed by atoms with Crippen molar-refractivity contribution in [3.05, 3.63) is 11.3 Å². The Morgan fingerprint density at radius 3 is 2.38 bits per heavy atom. The average Bonchev–Trinajstić information content (AvgIpc) is 2.02. The molecule has 0 aliphatic heterocycles. The van der Waals surface area contributed by atoms with E-state index in [1.807, 2.05) is 0 Å². The van der Waals surface area contributed by atoms with Crippen molar-refractivity contribution < 1.29 is 9.53 Å². The maximum Gasteiger partial charge on any atom is 0.335 e. The summed E-state index contributed by atoms with van der Waals surface area (Å²) in [7, 11) is 0. The molecule has 0 aliphatic carbocycles. The van der Waals surface area contributed by atoms with E-state index < -0.39 is 0 Å². The van der Waals surface area contributed by atoms with Crippen LogP contribution in [-0.4, -0.2) is 12.6 Å². The first-order valence-electron chi connectivity index (χ1n) is 4.61. The van der Waals surface area contributed by atoms with Gasteiger partial charge in [0.05, 0.1) is 12.2 Å². The van der Waals surface area contributed by atoms with Crippen LogP contribution in [0.1, 0.15) is 34.1 Å². The van der Waals surface area contributed by atoms with Gasteiger partial charge in [-0.1, -0.05) is 13.8 Å². The zero-order chi connectivity index (χ0) is 10.4. The highest BCUT2D eigenvalue weighted by Gasteiger charge is 2.09. The third-order valence-corrected chi connectivity index (χ3v) is 1.69. The normalized spacial score (nSPS) is 12.7. The summed E-state index contributed by atoms with van der Waals surface area (Å²) in [6.45, 7) is 8.00. The lowest BCUT2D eigenvalue weighted by Crippen LogP contribution is -2.13. The van der Waals surface area contributed by atoms with E-state index in [1.165, 1.54) is 0 Å². The molecular weight excluding hydrogens is 166 g/mol. The van der Waals surface area contributed by atoms with Gasteiger partial charge in [0.25, 0.3) is 0 Å². The van der Waals surface area contributed by atoms with Gasteiger partial charge >= 0.3 is 5.97 Å². The molecule has 0 spiro atoms. The molecule has 0 atom stereocenters. The molecule has 0 aromatic rings. The SMILES string of the molecule is CCOC(=O)C(C)=C(N)CC(C)C. The van der Waals surface area contributed by atoms with Crippen LogP contribution in [-0.2, 0) is 9.53 Å². The van der Waals surface area contributed by atoms with E-state index in [1.54, 1.807) is 13.8 Å². The molecule has 0 saturated heterocycles. The fourth-order valence-electron chi connectivity index (χ4n) is 0.963. The minimum absolute atomic E-state index is 0.305. The van der Waals surface area contributed by atoms with E-state index in [-0.39, 0.29) is 5.97 Å². The van der Waals surface area contributed by atoms with Crippen LogP contribution in [0.3, 0.4) is 0 Å². The first-order valence-corrected chi connectivity index (χ1v) is 4.61. The number of allylic oxidation sites excluding steroid dienone is 1. The van der Waals surface area contributed by atoms with E-state index >= 15 is 0 Å². The second-order valence-electron chi connectivity index (χ2n) is 3.47. The molecule has 13 heavy (non-hydrogen) atoms. The summed E-state index contributed by atoms with van der Waals surface area (Å²) in [5, 5.41) is 0.